The van der Waals surface area contributed by atoms with Crippen LogP contribution in [-0.2, 0) is 28.6 Å². The molecule has 0 aromatic rings. The zero-order chi connectivity index (χ0) is 51.4. The number of ether oxygens (including phenoxy) is 3. The minimum absolute atomic E-state index is 0.102. The first-order valence-corrected chi connectivity index (χ1v) is 29.0. The van der Waals surface area contributed by atoms with Gasteiger partial charge >= 0.3 is 17.9 Å². The highest BCUT2D eigenvalue weighted by Crippen LogP contribution is 2.14. The Bertz CT molecular complexity index is 1500. The van der Waals surface area contributed by atoms with Gasteiger partial charge in [-0.15, -0.1) is 0 Å². The van der Waals surface area contributed by atoms with Crippen LogP contribution in [0.5, 0.6) is 0 Å². The van der Waals surface area contributed by atoms with Crippen molar-refractivity contribution in [2.45, 2.75) is 258 Å². The Labute approximate surface area is 437 Å². The minimum atomic E-state index is -0.809. The van der Waals surface area contributed by atoms with Crippen LogP contribution in [0, 0.1) is 0 Å². The van der Waals surface area contributed by atoms with Gasteiger partial charge in [-0.2, -0.15) is 0 Å². The summed E-state index contributed by atoms with van der Waals surface area (Å²) in [7, 11) is 0. The van der Waals surface area contributed by atoms with E-state index in [0.717, 1.165) is 141 Å². The van der Waals surface area contributed by atoms with Gasteiger partial charge in [-0.1, -0.05) is 226 Å². The molecule has 0 saturated heterocycles. The summed E-state index contributed by atoms with van der Waals surface area (Å²) in [5, 5.41) is 0. The molecule has 0 heterocycles. The number of rotatable bonds is 51. The fourth-order valence-electron chi connectivity index (χ4n) is 7.63. The van der Waals surface area contributed by atoms with Crippen LogP contribution in [0.25, 0.3) is 0 Å². The molecule has 6 heteroatoms. The highest BCUT2D eigenvalue weighted by atomic mass is 16.6. The van der Waals surface area contributed by atoms with Crippen molar-refractivity contribution in [2.75, 3.05) is 13.2 Å². The van der Waals surface area contributed by atoms with Crippen molar-refractivity contribution < 1.29 is 28.6 Å². The average molecular weight is 984 g/mol. The molecule has 402 valence electrons. The third-order valence-corrected chi connectivity index (χ3v) is 11.9. The lowest BCUT2D eigenvalue weighted by atomic mass is 10.1. The Morgan fingerprint density at radius 1 is 0.296 bits per heavy atom. The molecular formula is C65H106O6. The topological polar surface area (TPSA) is 78.9 Å². The van der Waals surface area contributed by atoms with Gasteiger partial charge in [-0.05, 0) is 128 Å². The van der Waals surface area contributed by atoms with E-state index in [0.29, 0.717) is 12.8 Å². The Balaban J connectivity index is 4.49. The second-order valence-corrected chi connectivity index (χ2v) is 18.8. The Morgan fingerprint density at radius 2 is 0.549 bits per heavy atom. The number of carbonyl (C=O) groups is 3. The van der Waals surface area contributed by atoms with E-state index in [2.05, 4.69) is 142 Å². The van der Waals surface area contributed by atoms with Gasteiger partial charge in [0, 0.05) is 19.3 Å². The monoisotopic (exact) mass is 983 g/mol. The normalized spacial score (nSPS) is 13.0. The van der Waals surface area contributed by atoms with Gasteiger partial charge in [0.05, 0.1) is 0 Å². The van der Waals surface area contributed by atoms with Crippen molar-refractivity contribution in [3.63, 3.8) is 0 Å². The van der Waals surface area contributed by atoms with E-state index in [9.17, 15) is 14.4 Å². The van der Waals surface area contributed by atoms with Crippen LogP contribution in [0.2, 0.25) is 0 Å². The summed E-state index contributed by atoms with van der Waals surface area (Å²) in [6, 6.07) is 0. The molecule has 0 spiro atoms. The Kier molecular flexibility index (Phi) is 54.9. The number of carbonyl (C=O) groups excluding carboxylic acids is 3. The summed E-state index contributed by atoms with van der Waals surface area (Å²) in [6.07, 6.45) is 80.4. The predicted molar refractivity (Wildman–Crippen MR) is 306 cm³/mol. The molecule has 0 aromatic carbocycles. The first-order valence-electron chi connectivity index (χ1n) is 29.0. The fraction of sp³-hybridized carbons (Fsp3) is 0.646. The molecule has 0 rings (SSSR count). The molecule has 0 unspecified atom stereocenters. The maximum atomic E-state index is 12.9. The van der Waals surface area contributed by atoms with Crippen molar-refractivity contribution in [1.82, 2.24) is 0 Å². The van der Waals surface area contributed by atoms with Crippen molar-refractivity contribution in [3.05, 3.63) is 122 Å². The van der Waals surface area contributed by atoms with Crippen LogP contribution in [-0.4, -0.2) is 37.2 Å². The van der Waals surface area contributed by atoms with Crippen molar-refractivity contribution in [2.24, 2.45) is 0 Å². The van der Waals surface area contributed by atoms with E-state index in [1.165, 1.54) is 70.6 Å². The number of unbranched alkanes of at least 4 members (excludes halogenated alkanes) is 20. The standard InChI is InChI=1S/C65H106O6/c1-4-7-10-13-16-19-22-25-28-30-32-34-37-40-43-46-49-52-55-58-64(67)70-61-62(60-69-63(66)57-54-51-48-45-42-39-36-27-24-21-18-15-12-9-6-3)71-65(68)59-56-53-50-47-44-41-38-35-33-31-29-26-23-20-17-14-11-8-5-2/h8-9,11-12,16-21,25-29,33,35-36,41,44,62H,4-7,10,13-15,22-24,30-32,34,37-40,42-43,45-61H2,1-3H3/b11-8-,12-9-,19-16-,20-17-,21-18-,28-25-,29-26-,35-33-,36-27-,44-41-/t62-/m1/s1. The molecule has 0 saturated carbocycles. The predicted octanol–water partition coefficient (Wildman–Crippen LogP) is 19.6. The second kappa shape index (κ2) is 58.4. The Hall–Kier alpha value is -4.19. The molecule has 0 fully saturated rings. The van der Waals surface area contributed by atoms with E-state index in [1.54, 1.807) is 0 Å². The van der Waals surface area contributed by atoms with Crippen LogP contribution < -0.4 is 0 Å². The van der Waals surface area contributed by atoms with Crippen molar-refractivity contribution in [1.29, 1.82) is 0 Å². The maximum absolute atomic E-state index is 12.9. The molecule has 0 aliphatic rings. The van der Waals surface area contributed by atoms with Crippen LogP contribution in [0.4, 0.5) is 0 Å². The lowest BCUT2D eigenvalue weighted by Crippen LogP contribution is -2.30. The molecule has 6 nitrogen and oxygen atoms in total. The molecule has 71 heavy (non-hydrogen) atoms. The molecule has 0 aromatic heterocycles. The third-order valence-electron chi connectivity index (χ3n) is 11.9. The van der Waals surface area contributed by atoms with E-state index in [-0.39, 0.29) is 37.5 Å². The number of hydrogen-bond acceptors (Lipinski definition) is 6. The number of allylic oxidation sites excluding steroid dienone is 20. The fourth-order valence-corrected chi connectivity index (χ4v) is 7.63. The summed E-state index contributed by atoms with van der Waals surface area (Å²) >= 11 is 0. The molecule has 0 N–H and O–H groups in total. The zero-order valence-corrected chi connectivity index (χ0v) is 45.9. The lowest BCUT2D eigenvalue weighted by Gasteiger charge is -2.18. The quantitative estimate of drug-likeness (QED) is 0.0261. The van der Waals surface area contributed by atoms with E-state index in [1.807, 2.05) is 0 Å². The van der Waals surface area contributed by atoms with E-state index < -0.39 is 6.10 Å². The summed E-state index contributed by atoms with van der Waals surface area (Å²) in [5.41, 5.74) is 0. The van der Waals surface area contributed by atoms with Crippen LogP contribution in [0.3, 0.4) is 0 Å². The Morgan fingerprint density at radius 3 is 0.873 bits per heavy atom. The van der Waals surface area contributed by atoms with Crippen molar-refractivity contribution >= 4 is 17.9 Å². The molecule has 0 amide bonds. The molecular weight excluding hydrogens is 877 g/mol. The smallest absolute Gasteiger partial charge is 0.306 e. The van der Waals surface area contributed by atoms with Crippen LogP contribution in [0.15, 0.2) is 122 Å². The first kappa shape index (κ1) is 66.8. The minimum Gasteiger partial charge on any atom is -0.462 e. The first-order chi connectivity index (χ1) is 35.0. The van der Waals surface area contributed by atoms with Crippen molar-refractivity contribution in [3.8, 4) is 0 Å². The average Bonchev–Trinajstić information content (AvgIpc) is 3.37. The third kappa shape index (κ3) is 56.6. The van der Waals surface area contributed by atoms with Crippen LogP contribution >= 0.6 is 0 Å². The molecule has 1 atom stereocenters. The SMILES string of the molecule is CC/C=C\C/C=C\C/C=C\C/C=C\C/C=C\CCCCCC(=O)O[C@H](COC(=O)CCCCCCC/C=C\C/C=C\C/C=C\CC)COC(=O)CCCCCCCCCCC/C=C\C/C=C\CCCCC. The van der Waals surface area contributed by atoms with Gasteiger partial charge in [-0.3, -0.25) is 14.4 Å². The van der Waals surface area contributed by atoms with Crippen LogP contribution in [0.1, 0.15) is 252 Å². The maximum Gasteiger partial charge on any atom is 0.306 e. The van der Waals surface area contributed by atoms with E-state index in [4.69, 9.17) is 14.2 Å². The van der Waals surface area contributed by atoms with Gasteiger partial charge < -0.3 is 14.2 Å². The highest BCUT2D eigenvalue weighted by molar-refractivity contribution is 5.71. The number of hydrogen-bond donors (Lipinski definition) is 0. The molecule has 0 radical (unpaired) electrons. The summed E-state index contributed by atoms with van der Waals surface area (Å²) < 4.78 is 16.8. The summed E-state index contributed by atoms with van der Waals surface area (Å²) in [6.45, 7) is 6.34. The lowest BCUT2D eigenvalue weighted by molar-refractivity contribution is -0.167. The number of esters is 3. The van der Waals surface area contributed by atoms with Gasteiger partial charge in [0.2, 0.25) is 0 Å². The second-order valence-electron chi connectivity index (χ2n) is 18.8. The van der Waals surface area contributed by atoms with Gasteiger partial charge in [0.15, 0.2) is 6.10 Å². The highest BCUT2D eigenvalue weighted by Gasteiger charge is 2.19. The van der Waals surface area contributed by atoms with Gasteiger partial charge in [0.25, 0.3) is 0 Å². The largest absolute Gasteiger partial charge is 0.462 e. The summed E-state index contributed by atoms with van der Waals surface area (Å²) in [4.78, 5) is 38.2. The van der Waals surface area contributed by atoms with Gasteiger partial charge in [-0.25, -0.2) is 0 Å². The molecule has 0 bridgehead atoms. The van der Waals surface area contributed by atoms with Gasteiger partial charge in [0.1, 0.15) is 13.2 Å². The molecule has 0 aliphatic heterocycles. The summed E-state index contributed by atoms with van der Waals surface area (Å²) in [5.74, 6) is -0.957. The van der Waals surface area contributed by atoms with E-state index >= 15 is 0 Å². The zero-order valence-electron chi connectivity index (χ0n) is 45.9. The molecule has 0 aliphatic carbocycles.